The maximum Gasteiger partial charge on any atom is 0.120 e. The standard InChI is InChI=1S/C13H16BrNO/c14-12-2-1-3-13(10-12)16-9-6-11-4-7-15-8-5-11/h1-4,10,15H,5-9H2. The van der Waals surface area contributed by atoms with Gasteiger partial charge in [-0.3, -0.25) is 0 Å². The molecule has 0 aliphatic carbocycles. The minimum absolute atomic E-state index is 0.766. The second-order valence-electron chi connectivity index (χ2n) is 3.87. The predicted octanol–water partition coefficient (Wildman–Crippen LogP) is 3.14. The lowest BCUT2D eigenvalue weighted by atomic mass is 10.1. The molecule has 0 atom stereocenters. The average Bonchev–Trinajstić information content (AvgIpc) is 2.30. The van der Waals surface area contributed by atoms with Crippen LogP contribution in [-0.2, 0) is 0 Å². The van der Waals surface area contributed by atoms with Crippen LogP contribution in [0.2, 0.25) is 0 Å². The van der Waals surface area contributed by atoms with Crippen molar-refractivity contribution in [3.63, 3.8) is 0 Å². The second-order valence-corrected chi connectivity index (χ2v) is 4.79. The number of hydrogen-bond donors (Lipinski definition) is 1. The third-order valence-electron chi connectivity index (χ3n) is 2.65. The fraction of sp³-hybridized carbons (Fsp3) is 0.385. The molecule has 1 aromatic rings. The number of hydrogen-bond acceptors (Lipinski definition) is 2. The highest BCUT2D eigenvalue weighted by Gasteiger charge is 2.03. The number of halogens is 1. The van der Waals surface area contributed by atoms with Gasteiger partial charge in [0.2, 0.25) is 0 Å². The van der Waals surface area contributed by atoms with Crippen molar-refractivity contribution >= 4 is 15.9 Å². The van der Waals surface area contributed by atoms with E-state index in [0.717, 1.165) is 42.8 Å². The summed E-state index contributed by atoms with van der Waals surface area (Å²) in [6, 6.07) is 7.98. The van der Waals surface area contributed by atoms with Crippen LogP contribution < -0.4 is 10.1 Å². The first-order chi connectivity index (χ1) is 7.84. The van der Waals surface area contributed by atoms with Crippen LogP contribution in [0.1, 0.15) is 12.8 Å². The van der Waals surface area contributed by atoms with Crippen molar-refractivity contribution in [2.24, 2.45) is 0 Å². The first-order valence-electron chi connectivity index (χ1n) is 5.61. The Morgan fingerprint density at radius 1 is 1.38 bits per heavy atom. The van der Waals surface area contributed by atoms with E-state index < -0.39 is 0 Å². The molecule has 1 aromatic carbocycles. The molecule has 2 nitrogen and oxygen atoms in total. The second kappa shape index (κ2) is 6.06. The summed E-state index contributed by atoms with van der Waals surface area (Å²) in [6.07, 6.45) is 4.46. The van der Waals surface area contributed by atoms with E-state index in [4.69, 9.17) is 4.74 Å². The van der Waals surface area contributed by atoms with E-state index in [-0.39, 0.29) is 0 Å². The molecule has 0 amide bonds. The zero-order valence-electron chi connectivity index (χ0n) is 9.21. The fourth-order valence-corrected chi connectivity index (χ4v) is 2.13. The largest absolute Gasteiger partial charge is 0.493 e. The molecule has 0 spiro atoms. The van der Waals surface area contributed by atoms with E-state index in [1.54, 1.807) is 0 Å². The highest BCUT2D eigenvalue weighted by Crippen LogP contribution is 2.18. The smallest absolute Gasteiger partial charge is 0.120 e. The Morgan fingerprint density at radius 3 is 3.06 bits per heavy atom. The molecule has 0 bridgehead atoms. The number of rotatable bonds is 4. The molecule has 0 unspecified atom stereocenters. The quantitative estimate of drug-likeness (QED) is 0.857. The molecular weight excluding hydrogens is 266 g/mol. The molecule has 0 saturated heterocycles. The molecule has 0 saturated carbocycles. The van der Waals surface area contributed by atoms with Gasteiger partial charge in [-0.1, -0.05) is 33.6 Å². The Morgan fingerprint density at radius 2 is 2.31 bits per heavy atom. The van der Waals surface area contributed by atoms with Gasteiger partial charge in [0, 0.05) is 17.4 Å². The van der Waals surface area contributed by atoms with E-state index in [1.165, 1.54) is 5.57 Å². The van der Waals surface area contributed by atoms with Gasteiger partial charge in [0.05, 0.1) is 6.61 Å². The van der Waals surface area contributed by atoms with Crippen molar-refractivity contribution in [3.8, 4) is 5.75 Å². The van der Waals surface area contributed by atoms with Crippen LogP contribution in [-0.4, -0.2) is 19.7 Å². The Balaban J connectivity index is 1.77. The monoisotopic (exact) mass is 281 g/mol. The first-order valence-corrected chi connectivity index (χ1v) is 6.41. The number of benzene rings is 1. The number of nitrogens with one attached hydrogen (secondary N) is 1. The van der Waals surface area contributed by atoms with Crippen LogP contribution >= 0.6 is 15.9 Å². The van der Waals surface area contributed by atoms with Gasteiger partial charge in [0.25, 0.3) is 0 Å². The van der Waals surface area contributed by atoms with Crippen LogP contribution in [0.25, 0.3) is 0 Å². The van der Waals surface area contributed by atoms with Crippen LogP contribution in [0, 0.1) is 0 Å². The summed E-state index contributed by atoms with van der Waals surface area (Å²) < 4.78 is 6.76. The normalized spacial score (nSPS) is 15.7. The minimum atomic E-state index is 0.766. The van der Waals surface area contributed by atoms with Gasteiger partial charge >= 0.3 is 0 Å². The zero-order valence-corrected chi connectivity index (χ0v) is 10.8. The lowest BCUT2D eigenvalue weighted by Gasteiger charge is -2.14. The van der Waals surface area contributed by atoms with Gasteiger partial charge in [0.1, 0.15) is 5.75 Å². The van der Waals surface area contributed by atoms with E-state index in [1.807, 2.05) is 24.3 Å². The van der Waals surface area contributed by atoms with Crippen molar-refractivity contribution in [1.82, 2.24) is 5.32 Å². The Bertz CT molecular complexity index is 376. The van der Waals surface area contributed by atoms with Crippen LogP contribution in [0.4, 0.5) is 0 Å². The van der Waals surface area contributed by atoms with Crippen molar-refractivity contribution in [2.75, 3.05) is 19.7 Å². The highest BCUT2D eigenvalue weighted by atomic mass is 79.9. The zero-order chi connectivity index (χ0) is 11.2. The summed E-state index contributed by atoms with van der Waals surface area (Å²) in [6.45, 7) is 2.87. The highest BCUT2D eigenvalue weighted by molar-refractivity contribution is 9.10. The minimum Gasteiger partial charge on any atom is -0.493 e. The average molecular weight is 282 g/mol. The molecule has 0 radical (unpaired) electrons. The van der Waals surface area contributed by atoms with Gasteiger partial charge < -0.3 is 10.1 Å². The molecule has 3 heteroatoms. The molecule has 0 fully saturated rings. The third kappa shape index (κ3) is 3.65. The van der Waals surface area contributed by atoms with Crippen LogP contribution in [0.3, 0.4) is 0 Å². The van der Waals surface area contributed by atoms with Crippen LogP contribution in [0.5, 0.6) is 5.75 Å². The summed E-state index contributed by atoms with van der Waals surface area (Å²) in [5.41, 5.74) is 1.51. The summed E-state index contributed by atoms with van der Waals surface area (Å²) in [7, 11) is 0. The lowest BCUT2D eigenvalue weighted by Crippen LogP contribution is -2.21. The van der Waals surface area contributed by atoms with Crippen molar-refractivity contribution in [1.29, 1.82) is 0 Å². The van der Waals surface area contributed by atoms with E-state index >= 15 is 0 Å². The van der Waals surface area contributed by atoms with Gasteiger partial charge in [-0.2, -0.15) is 0 Å². The van der Waals surface area contributed by atoms with Crippen molar-refractivity contribution < 1.29 is 4.74 Å². The molecule has 1 aliphatic rings. The molecule has 86 valence electrons. The fourth-order valence-electron chi connectivity index (χ4n) is 1.75. The van der Waals surface area contributed by atoms with Gasteiger partial charge in [0.15, 0.2) is 0 Å². The summed E-state index contributed by atoms with van der Waals surface area (Å²) in [5.74, 6) is 0.934. The summed E-state index contributed by atoms with van der Waals surface area (Å²) >= 11 is 3.43. The summed E-state index contributed by atoms with van der Waals surface area (Å²) in [5, 5.41) is 3.31. The molecule has 1 N–H and O–H groups in total. The molecule has 1 heterocycles. The van der Waals surface area contributed by atoms with Gasteiger partial charge in [-0.15, -0.1) is 0 Å². The molecule has 2 rings (SSSR count). The van der Waals surface area contributed by atoms with Gasteiger partial charge in [-0.05, 0) is 31.2 Å². The van der Waals surface area contributed by atoms with E-state index in [2.05, 4.69) is 27.3 Å². The first kappa shape index (κ1) is 11.7. The van der Waals surface area contributed by atoms with Crippen molar-refractivity contribution in [3.05, 3.63) is 40.4 Å². The molecular formula is C13H16BrNO. The predicted molar refractivity (Wildman–Crippen MR) is 69.8 cm³/mol. The summed E-state index contributed by atoms with van der Waals surface area (Å²) in [4.78, 5) is 0. The lowest BCUT2D eigenvalue weighted by molar-refractivity contribution is 0.319. The molecule has 1 aliphatic heterocycles. The Hall–Kier alpha value is -0.800. The third-order valence-corrected chi connectivity index (χ3v) is 3.14. The Labute approximate surface area is 105 Å². The molecule has 16 heavy (non-hydrogen) atoms. The Kier molecular flexibility index (Phi) is 4.43. The van der Waals surface area contributed by atoms with E-state index in [0.29, 0.717) is 0 Å². The van der Waals surface area contributed by atoms with Crippen LogP contribution in [0.15, 0.2) is 40.4 Å². The maximum atomic E-state index is 5.70. The van der Waals surface area contributed by atoms with E-state index in [9.17, 15) is 0 Å². The topological polar surface area (TPSA) is 21.3 Å². The number of ether oxygens (including phenoxy) is 1. The maximum absolute atomic E-state index is 5.70. The van der Waals surface area contributed by atoms with Crippen molar-refractivity contribution in [2.45, 2.75) is 12.8 Å². The molecule has 0 aromatic heterocycles. The SMILES string of the molecule is Brc1cccc(OCCC2=CCNCC2)c1. The van der Waals surface area contributed by atoms with Gasteiger partial charge in [-0.25, -0.2) is 0 Å².